The molecule has 2 aliphatic heterocycles. The monoisotopic (exact) mass is 212 g/mol. The van der Waals surface area contributed by atoms with Crippen molar-refractivity contribution in [3.05, 3.63) is 0 Å². The molecule has 4 nitrogen and oxygen atoms in total. The Kier molecular flexibility index (Phi) is 3.59. The molecule has 2 N–H and O–H groups in total. The van der Waals surface area contributed by atoms with Crippen LogP contribution in [0.25, 0.3) is 0 Å². The van der Waals surface area contributed by atoms with Gasteiger partial charge >= 0.3 is 0 Å². The minimum atomic E-state index is 0.0828. The van der Waals surface area contributed by atoms with E-state index in [1.807, 2.05) is 4.90 Å². The molecule has 1 unspecified atom stereocenters. The van der Waals surface area contributed by atoms with Crippen LogP contribution in [-0.4, -0.2) is 48.2 Å². The molecule has 0 saturated carbocycles. The van der Waals surface area contributed by atoms with Crippen molar-refractivity contribution in [2.24, 2.45) is 5.92 Å². The number of nitrogens with one attached hydrogen (secondary N) is 1. The molecule has 2 fully saturated rings. The number of hydrogen-bond acceptors (Lipinski definition) is 3. The van der Waals surface area contributed by atoms with Crippen molar-refractivity contribution in [1.29, 1.82) is 0 Å². The van der Waals surface area contributed by atoms with E-state index in [-0.39, 0.29) is 24.5 Å². The van der Waals surface area contributed by atoms with Crippen LogP contribution >= 0.6 is 0 Å². The maximum atomic E-state index is 12.1. The molecule has 0 spiro atoms. The Bertz CT molecular complexity index is 227. The van der Waals surface area contributed by atoms with Crippen LogP contribution in [-0.2, 0) is 4.79 Å². The summed E-state index contributed by atoms with van der Waals surface area (Å²) in [6.45, 7) is 2.80. The van der Waals surface area contributed by atoms with Gasteiger partial charge in [0.2, 0.25) is 5.91 Å². The standard InChI is InChI=1S/C11H20N2O2/c14-8-10-4-2-6-13(10)11(15)9-3-1-5-12-7-9/h9-10,12,14H,1-8H2/t9-,10?/m0/s1. The predicted octanol–water partition coefficient (Wildman–Crippen LogP) is -0.0307. The van der Waals surface area contributed by atoms with Gasteiger partial charge in [0.25, 0.3) is 0 Å². The van der Waals surface area contributed by atoms with Gasteiger partial charge in [-0.15, -0.1) is 0 Å². The maximum Gasteiger partial charge on any atom is 0.227 e. The molecule has 4 heteroatoms. The fraction of sp³-hybridized carbons (Fsp3) is 0.909. The van der Waals surface area contributed by atoms with Gasteiger partial charge in [-0.25, -0.2) is 0 Å². The number of nitrogens with zero attached hydrogens (tertiary/aromatic N) is 1. The van der Waals surface area contributed by atoms with Gasteiger partial charge < -0.3 is 15.3 Å². The van der Waals surface area contributed by atoms with E-state index in [2.05, 4.69) is 5.32 Å². The summed E-state index contributed by atoms with van der Waals surface area (Å²) in [6, 6.07) is 0.0828. The Balaban J connectivity index is 1.93. The van der Waals surface area contributed by atoms with E-state index >= 15 is 0 Å². The van der Waals surface area contributed by atoms with Crippen LogP contribution in [0.2, 0.25) is 0 Å². The van der Waals surface area contributed by atoms with Gasteiger partial charge in [-0.3, -0.25) is 4.79 Å². The van der Waals surface area contributed by atoms with Crippen molar-refractivity contribution >= 4 is 5.91 Å². The molecule has 0 aromatic rings. The quantitative estimate of drug-likeness (QED) is 0.676. The fourth-order valence-corrected chi connectivity index (χ4v) is 2.61. The van der Waals surface area contributed by atoms with Crippen LogP contribution in [0.4, 0.5) is 0 Å². The Morgan fingerprint density at radius 3 is 2.93 bits per heavy atom. The predicted molar refractivity (Wildman–Crippen MR) is 57.4 cm³/mol. The first-order valence-corrected chi connectivity index (χ1v) is 5.95. The molecular weight excluding hydrogens is 192 g/mol. The smallest absolute Gasteiger partial charge is 0.227 e. The first-order chi connectivity index (χ1) is 7.33. The van der Waals surface area contributed by atoms with E-state index < -0.39 is 0 Å². The van der Waals surface area contributed by atoms with E-state index in [0.29, 0.717) is 0 Å². The van der Waals surface area contributed by atoms with Crippen LogP contribution in [0.5, 0.6) is 0 Å². The number of rotatable bonds is 2. The summed E-state index contributed by atoms with van der Waals surface area (Å²) >= 11 is 0. The third-order valence-corrected chi connectivity index (χ3v) is 3.52. The van der Waals surface area contributed by atoms with Crippen molar-refractivity contribution in [2.45, 2.75) is 31.7 Å². The minimum Gasteiger partial charge on any atom is -0.394 e. The van der Waals surface area contributed by atoms with E-state index in [0.717, 1.165) is 45.3 Å². The number of piperidine rings is 1. The lowest BCUT2D eigenvalue weighted by Crippen LogP contribution is -2.45. The molecule has 2 atom stereocenters. The van der Waals surface area contributed by atoms with Crippen LogP contribution in [0.15, 0.2) is 0 Å². The summed E-state index contributed by atoms with van der Waals surface area (Å²) < 4.78 is 0. The number of aliphatic hydroxyl groups excluding tert-OH is 1. The maximum absolute atomic E-state index is 12.1. The summed E-state index contributed by atoms with van der Waals surface area (Å²) in [4.78, 5) is 14.0. The van der Waals surface area contributed by atoms with Crippen molar-refractivity contribution in [1.82, 2.24) is 10.2 Å². The number of aliphatic hydroxyl groups is 1. The average Bonchev–Trinajstić information content (AvgIpc) is 2.77. The Morgan fingerprint density at radius 1 is 1.40 bits per heavy atom. The zero-order valence-electron chi connectivity index (χ0n) is 9.11. The lowest BCUT2D eigenvalue weighted by atomic mass is 9.98. The zero-order valence-corrected chi connectivity index (χ0v) is 9.11. The summed E-state index contributed by atoms with van der Waals surface area (Å²) in [6.07, 6.45) is 4.09. The molecule has 0 aliphatic carbocycles. The van der Waals surface area contributed by atoms with Gasteiger partial charge in [0.15, 0.2) is 0 Å². The SMILES string of the molecule is O=C([C@H]1CCCNC1)N1CCCC1CO. The van der Waals surface area contributed by atoms with Gasteiger partial charge in [-0.2, -0.15) is 0 Å². The molecule has 15 heavy (non-hydrogen) atoms. The highest BCUT2D eigenvalue weighted by molar-refractivity contribution is 5.79. The van der Waals surface area contributed by atoms with Gasteiger partial charge in [-0.05, 0) is 32.2 Å². The van der Waals surface area contributed by atoms with E-state index in [9.17, 15) is 9.90 Å². The second-order valence-corrected chi connectivity index (χ2v) is 4.55. The topological polar surface area (TPSA) is 52.6 Å². The van der Waals surface area contributed by atoms with E-state index in [1.54, 1.807) is 0 Å². The molecule has 2 saturated heterocycles. The van der Waals surface area contributed by atoms with Gasteiger partial charge in [-0.1, -0.05) is 0 Å². The van der Waals surface area contributed by atoms with Gasteiger partial charge in [0, 0.05) is 13.1 Å². The second-order valence-electron chi connectivity index (χ2n) is 4.55. The average molecular weight is 212 g/mol. The number of likely N-dealkylation sites (tertiary alicyclic amines) is 1. The molecule has 2 aliphatic rings. The van der Waals surface area contributed by atoms with E-state index in [1.165, 1.54) is 0 Å². The molecule has 0 aromatic carbocycles. The van der Waals surface area contributed by atoms with Crippen LogP contribution in [0.3, 0.4) is 0 Å². The van der Waals surface area contributed by atoms with Crippen molar-refractivity contribution < 1.29 is 9.90 Å². The largest absolute Gasteiger partial charge is 0.394 e. The lowest BCUT2D eigenvalue weighted by Gasteiger charge is -2.30. The van der Waals surface area contributed by atoms with Gasteiger partial charge in [0.05, 0.1) is 18.6 Å². The normalized spacial score (nSPS) is 31.9. The van der Waals surface area contributed by atoms with E-state index in [4.69, 9.17) is 0 Å². The molecule has 0 radical (unpaired) electrons. The van der Waals surface area contributed by atoms with Gasteiger partial charge in [0.1, 0.15) is 0 Å². The third-order valence-electron chi connectivity index (χ3n) is 3.52. The molecule has 1 amide bonds. The Hall–Kier alpha value is -0.610. The van der Waals surface area contributed by atoms with Crippen molar-refractivity contribution in [2.75, 3.05) is 26.2 Å². The fourth-order valence-electron chi connectivity index (χ4n) is 2.61. The molecule has 86 valence electrons. The second kappa shape index (κ2) is 4.94. The highest BCUT2D eigenvalue weighted by Crippen LogP contribution is 2.22. The summed E-state index contributed by atoms with van der Waals surface area (Å²) in [7, 11) is 0. The van der Waals surface area contributed by atoms with Crippen LogP contribution in [0.1, 0.15) is 25.7 Å². The highest BCUT2D eigenvalue weighted by atomic mass is 16.3. The Morgan fingerprint density at radius 2 is 2.27 bits per heavy atom. The molecule has 2 heterocycles. The number of hydrogen-bond donors (Lipinski definition) is 2. The number of carbonyl (C=O) groups excluding carboxylic acids is 1. The summed E-state index contributed by atoms with van der Waals surface area (Å²) in [5.74, 6) is 0.393. The Labute approximate surface area is 90.6 Å². The molecule has 2 rings (SSSR count). The van der Waals surface area contributed by atoms with Crippen molar-refractivity contribution in [3.63, 3.8) is 0 Å². The minimum absolute atomic E-state index is 0.0828. The number of carbonyl (C=O) groups is 1. The third kappa shape index (κ3) is 2.32. The number of amides is 1. The zero-order chi connectivity index (χ0) is 10.7. The van der Waals surface area contributed by atoms with Crippen LogP contribution in [0, 0.1) is 5.92 Å². The highest BCUT2D eigenvalue weighted by Gasteiger charge is 2.32. The molecular formula is C11H20N2O2. The first-order valence-electron chi connectivity index (χ1n) is 5.95. The summed E-state index contributed by atoms with van der Waals surface area (Å²) in [5, 5.41) is 12.4. The summed E-state index contributed by atoms with van der Waals surface area (Å²) in [5.41, 5.74) is 0. The first kappa shape index (κ1) is 10.9. The lowest BCUT2D eigenvalue weighted by molar-refractivity contribution is -0.137. The van der Waals surface area contributed by atoms with Crippen LogP contribution < -0.4 is 5.32 Å². The van der Waals surface area contributed by atoms with Crippen molar-refractivity contribution in [3.8, 4) is 0 Å². The molecule has 0 aromatic heterocycles. The molecule has 0 bridgehead atoms.